The number of carbonyl (C=O) groups is 2. The van der Waals surface area contributed by atoms with Gasteiger partial charge >= 0.3 is 5.97 Å². The van der Waals surface area contributed by atoms with Gasteiger partial charge in [-0.2, -0.15) is 0 Å². The minimum atomic E-state index is -0.681. The molecule has 0 bridgehead atoms. The SMILES string of the molecule is CCCCCCCCCCCCCCCCCCCC(O)C(CO)NC(=O)CCCCCCC/C=C\CCCCOC(=O)CCCCCCCCCCCCCCCCC. The summed E-state index contributed by atoms with van der Waals surface area (Å²) in [5.41, 5.74) is 0. The number of nitrogens with one attached hydrogen (secondary N) is 1. The molecule has 1 amide bonds. The molecule has 0 fully saturated rings. The zero-order valence-corrected chi connectivity index (χ0v) is 40.5. The van der Waals surface area contributed by atoms with E-state index in [0.717, 1.165) is 77.0 Å². The van der Waals surface area contributed by atoms with Crippen LogP contribution in [0.25, 0.3) is 0 Å². The van der Waals surface area contributed by atoms with Crippen molar-refractivity contribution in [1.82, 2.24) is 5.32 Å². The van der Waals surface area contributed by atoms with Gasteiger partial charge < -0.3 is 20.3 Å². The van der Waals surface area contributed by atoms with Gasteiger partial charge in [0.15, 0.2) is 0 Å². The Kier molecular flexibility index (Phi) is 49.1. The molecule has 3 N–H and O–H groups in total. The largest absolute Gasteiger partial charge is 0.466 e. The number of esters is 1. The molecule has 2 atom stereocenters. The topological polar surface area (TPSA) is 95.9 Å². The van der Waals surface area contributed by atoms with Crippen LogP contribution in [0.3, 0.4) is 0 Å². The van der Waals surface area contributed by atoms with E-state index in [1.165, 1.54) is 186 Å². The molecule has 0 heterocycles. The first-order valence-corrected chi connectivity index (χ1v) is 26.9. The van der Waals surface area contributed by atoms with Gasteiger partial charge in [0, 0.05) is 12.8 Å². The molecule has 0 aliphatic rings. The summed E-state index contributed by atoms with van der Waals surface area (Å²) in [6, 6.07) is -0.561. The van der Waals surface area contributed by atoms with Gasteiger partial charge in [0.05, 0.1) is 25.4 Å². The minimum Gasteiger partial charge on any atom is -0.466 e. The van der Waals surface area contributed by atoms with Gasteiger partial charge in [-0.3, -0.25) is 9.59 Å². The number of aliphatic hydroxyl groups is 2. The number of ether oxygens (including phenoxy) is 1. The van der Waals surface area contributed by atoms with Crippen LogP contribution in [0.2, 0.25) is 0 Å². The Morgan fingerprint density at radius 1 is 0.450 bits per heavy atom. The van der Waals surface area contributed by atoms with Crippen molar-refractivity contribution in [2.75, 3.05) is 13.2 Å². The third-order valence-corrected chi connectivity index (χ3v) is 12.6. The average molecular weight is 848 g/mol. The van der Waals surface area contributed by atoms with E-state index in [4.69, 9.17) is 4.74 Å². The molecular formula is C54H105NO5. The van der Waals surface area contributed by atoms with Gasteiger partial charge in [-0.15, -0.1) is 0 Å². The highest BCUT2D eigenvalue weighted by Crippen LogP contribution is 2.17. The summed E-state index contributed by atoms with van der Waals surface area (Å²) in [7, 11) is 0. The van der Waals surface area contributed by atoms with Crippen molar-refractivity contribution in [3.05, 3.63) is 12.2 Å². The van der Waals surface area contributed by atoms with Gasteiger partial charge in [0.2, 0.25) is 5.91 Å². The van der Waals surface area contributed by atoms with Crippen molar-refractivity contribution >= 4 is 11.9 Å². The fourth-order valence-corrected chi connectivity index (χ4v) is 8.40. The Hall–Kier alpha value is -1.40. The fraction of sp³-hybridized carbons (Fsp3) is 0.926. The van der Waals surface area contributed by atoms with Crippen LogP contribution in [0.5, 0.6) is 0 Å². The van der Waals surface area contributed by atoms with E-state index in [1.807, 2.05) is 0 Å². The van der Waals surface area contributed by atoms with E-state index in [2.05, 4.69) is 31.3 Å². The second-order valence-electron chi connectivity index (χ2n) is 18.6. The van der Waals surface area contributed by atoms with Crippen molar-refractivity contribution < 1.29 is 24.5 Å². The van der Waals surface area contributed by atoms with E-state index < -0.39 is 12.1 Å². The van der Waals surface area contributed by atoms with Crippen LogP contribution in [0.1, 0.15) is 296 Å². The van der Waals surface area contributed by atoms with Gasteiger partial charge in [-0.1, -0.05) is 244 Å². The summed E-state index contributed by atoms with van der Waals surface area (Å²) >= 11 is 0. The number of rotatable bonds is 50. The molecule has 0 radical (unpaired) electrons. The Morgan fingerprint density at radius 2 is 0.783 bits per heavy atom. The minimum absolute atomic E-state index is 0.0277. The van der Waals surface area contributed by atoms with E-state index >= 15 is 0 Å². The second kappa shape index (κ2) is 50.2. The van der Waals surface area contributed by atoms with Crippen LogP contribution in [0.4, 0.5) is 0 Å². The van der Waals surface area contributed by atoms with Gasteiger partial charge in [0.25, 0.3) is 0 Å². The summed E-state index contributed by atoms with van der Waals surface area (Å²) in [5.74, 6) is -0.0894. The third-order valence-electron chi connectivity index (χ3n) is 12.6. The maximum absolute atomic E-state index is 12.5. The zero-order valence-electron chi connectivity index (χ0n) is 40.5. The molecule has 0 aliphatic heterocycles. The van der Waals surface area contributed by atoms with Gasteiger partial charge in [0.1, 0.15) is 0 Å². The number of amides is 1. The highest BCUT2D eigenvalue weighted by Gasteiger charge is 2.20. The average Bonchev–Trinajstić information content (AvgIpc) is 3.25. The summed E-state index contributed by atoms with van der Waals surface area (Å²) in [6.45, 7) is 4.89. The van der Waals surface area contributed by atoms with Crippen molar-refractivity contribution in [2.45, 2.75) is 309 Å². The van der Waals surface area contributed by atoms with E-state index in [0.29, 0.717) is 25.9 Å². The smallest absolute Gasteiger partial charge is 0.305 e. The molecule has 2 unspecified atom stereocenters. The molecule has 0 aromatic carbocycles. The zero-order chi connectivity index (χ0) is 43.7. The van der Waals surface area contributed by atoms with Crippen molar-refractivity contribution in [3.8, 4) is 0 Å². The first-order valence-electron chi connectivity index (χ1n) is 26.9. The lowest BCUT2D eigenvalue weighted by molar-refractivity contribution is -0.143. The van der Waals surface area contributed by atoms with Crippen molar-refractivity contribution in [3.63, 3.8) is 0 Å². The van der Waals surface area contributed by atoms with Crippen molar-refractivity contribution in [1.29, 1.82) is 0 Å². The molecule has 60 heavy (non-hydrogen) atoms. The standard InChI is InChI=1S/C54H105NO5/c1-3-5-7-9-11-13-15-17-19-20-22-23-26-30-34-38-42-46-52(57)51(50-56)55-53(58)47-43-39-35-31-27-25-29-33-37-41-45-49-60-54(59)48-44-40-36-32-28-24-21-18-16-14-12-10-8-6-4-2/h29,33,51-52,56-57H,3-28,30-32,34-50H2,1-2H3,(H,55,58)/b33-29-. The number of aliphatic hydroxyl groups excluding tert-OH is 2. The Morgan fingerprint density at radius 3 is 1.18 bits per heavy atom. The molecule has 6 nitrogen and oxygen atoms in total. The van der Waals surface area contributed by atoms with Crippen LogP contribution in [0, 0.1) is 0 Å². The lowest BCUT2D eigenvalue weighted by Crippen LogP contribution is -2.45. The molecule has 0 spiro atoms. The van der Waals surface area contributed by atoms with Crippen LogP contribution >= 0.6 is 0 Å². The summed E-state index contributed by atoms with van der Waals surface area (Å²) in [5, 5.41) is 23.2. The lowest BCUT2D eigenvalue weighted by Gasteiger charge is -2.22. The second-order valence-corrected chi connectivity index (χ2v) is 18.6. The van der Waals surface area contributed by atoms with Crippen LogP contribution < -0.4 is 5.32 Å². The quantitative estimate of drug-likeness (QED) is 0.0322. The first kappa shape index (κ1) is 58.6. The predicted octanol–water partition coefficient (Wildman–Crippen LogP) is 16.1. The van der Waals surface area contributed by atoms with Crippen LogP contribution in [-0.4, -0.2) is 47.4 Å². The molecule has 0 aromatic heterocycles. The highest BCUT2D eigenvalue weighted by molar-refractivity contribution is 5.76. The first-order chi connectivity index (χ1) is 29.5. The highest BCUT2D eigenvalue weighted by atomic mass is 16.5. The maximum Gasteiger partial charge on any atom is 0.305 e. The molecule has 0 saturated carbocycles. The number of hydrogen-bond acceptors (Lipinski definition) is 5. The van der Waals surface area contributed by atoms with E-state index in [1.54, 1.807) is 0 Å². The normalized spacial score (nSPS) is 12.7. The predicted molar refractivity (Wildman–Crippen MR) is 260 cm³/mol. The van der Waals surface area contributed by atoms with E-state index in [9.17, 15) is 19.8 Å². The number of carbonyl (C=O) groups excluding carboxylic acids is 2. The van der Waals surface area contributed by atoms with Crippen LogP contribution in [-0.2, 0) is 14.3 Å². The molecule has 0 rings (SSSR count). The lowest BCUT2D eigenvalue weighted by atomic mass is 10.0. The fourth-order valence-electron chi connectivity index (χ4n) is 8.40. The summed E-state index contributed by atoms with van der Waals surface area (Å²) in [4.78, 5) is 24.5. The molecule has 0 saturated heterocycles. The summed E-state index contributed by atoms with van der Waals surface area (Å²) in [6.07, 6.45) is 57.6. The monoisotopic (exact) mass is 848 g/mol. The number of unbranched alkanes of at least 4 members (excludes halogenated alkanes) is 37. The van der Waals surface area contributed by atoms with Crippen molar-refractivity contribution in [2.24, 2.45) is 0 Å². The Bertz CT molecular complexity index is 893. The van der Waals surface area contributed by atoms with E-state index in [-0.39, 0.29) is 18.5 Å². The number of allylic oxidation sites excluding steroid dienone is 2. The van der Waals surface area contributed by atoms with Crippen LogP contribution in [0.15, 0.2) is 12.2 Å². The molecular weight excluding hydrogens is 743 g/mol. The molecule has 0 aromatic rings. The number of hydrogen-bond donors (Lipinski definition) is 3. The van der Waals surface area contributed by atoms with Gasteiger partial charge in [-0.25, -0.2) is 0 Å². The maximum atomic E-state index is 12.5. The third kappa shape index (κ3) is 46.1. The Labute approximate surface area is 374 Å². The Balaban J connectivity index is 3.50. The summed E-state index contributed by atoms with van der Waals surface area (Å²) < 4.78 is 5.44. The molecule has 6 heteroatoms. The molecule has 0 aliphatic carbocycles. The molecule has 356 valence electrons. The van der Waals surface area contributed by atoms with Gasteiger partial charge in [-0.05, 0) is 51.4 Å².